The van der Waals surface area contributed by atoms with Crippen LogP contribution in [0.2, 0.25) is 0 Å². The van der Waals surface area contributed by atoms with Gasteiger partial charge in [-0.2, -0.15) is 10.2 Å². The molecule has 0 spiro atoms. The predicted octanol–water partition coefficient (Wildman–Crippen LogP) is 2.85. The number of aromatic nitrogens is 9. The minimum atomic E-state index is -0.166. The van der Waals surface area contributed by atoms with Crippen LogP contribution < -0.4 is 0 Å². The van der Waals surface area contributed by atoms with Crippen molar-refractivity contribution in [3.05, 3.63) is 60.8 Å². The highest BCUT2D eigenvalue weighted by molar-refractivity contribution is 5.95. The number of aliphatic hydroxyl groups is 1. The Labute approximate surface area is 181 Å². The Bertz CT molecular complexity index is 1580. The molecule has 6 aromatic rings. The lowest BCUT2D eigenvalue weighted by molar-refractivity contribution is 0.276. The van der Waals surface area contributed by atoms with Crippen LogP contribution in [0.25, 0.3) is 56.1 Å². The van der Waals surface area contributed by atoms with Crippen LogP contribution in [0.1, 0.15) is 5.69 Å². The minimum absolute atomic E-state index is 0.166. The fourth-order valence-electron chi connectivity index (χ4n) is 3.83. The van der Waals surface area contributed by atoms with Gasteiger partial charge in [-0.3, -0.25) is 19.7 Å². The number of aryl methyl sites for hydroxylation is 1. The lowest BCUT2D eigenvalue weighted by Crippen LogP contribution is -1.92. The molecule has 10 heteroatoms. The minimum Gasteiger partial charge on any atom is -0.390 e. The summed E-state index contributed by atoms with van der Waals surface area (Å²) in [6.45, 7) is -0.166. The Balaban J connectivity index is 1.51. The van der Waals surface area contributed by atoms with Crippen LogP contribution in [0.15, 0.2) is 55.1 Å². The molecule has 6 heterocycles. The number of H-pyrrole nitrogens is 2. The van der Waals surface area contributed by atoms with Gasteiger partial charge in [0.05, 0.1) is 40.9 Å². The molecule has 0 unspecified atom stereocenters. The van der Waals surface area contributed by atoms with Crippen molar-refractivity contribution in [1.29, 1.82) is 0 Å². The molecule has 0 aliphatic rings. The molecule has 32 heavy (non-hydrogen) atoms. The van der Waals surface area contributed by atoms with Gasteiger partial charge in [-0.15, -0.1) is 0 Å². The summed E-state index contributed by atoms with van der Waals surface area (Å²) in [6.07, 6.45) is 7.07. The second kappa shape index (κ2) is 7.06. The summed E-state index contributed by atoms with van der Waals surface area (Å²) in [4.78, 5) is 21.7. The van der Waals surface area contributed by atoms with E-state index in [9.17, 15) is 5.11 Å². The van der Waals surface area contributed by atoms with E-state index in [0.717, 1.165) is 33.4 Å². The van der Waals surface area contributed by atoms with E-state index >= 15 is 0 Å². The molecule has 0 saturated carbocycles. The summed E-state index contributed by atoms with van der Waals surface area (Å²) in [6, 6.07) is 9.51. The van der Waals surface area contributed by atoms with Crippen molar-refractivity contribution in [3.63, 3.8) is 0 Å². The average molecular weight is 423 g/mol. The van der Waals surface area contributed by atoms with Gasteiger partial charge < -0.3 is 10.1 Å². The summed E-state index contributed by atoms with van der Waals surface area (Å²) in [5.74, 6) is 0.578. The fourth-order valence-corrected chi connectivity index (χ4v) is 3.83. The molecular weight excluding hydrogens is 406 g/mol. The van der Waals surface area contributed by atoms with E-state index in [4.69, 9.17) is 9.97 Å². The molecule has 3 N–H and O–H groups in total. The normalized spacial score (nSPS) is 11.6. The second-order valence-corrected chi connectivity index (χ2v) is 7.37. The molecule has 6 aromatic heterocycles. The molecule has 0 fully saturated rings. The molecule has 0 atom stereocenters. The van der Waals surface area contributed by atoms with Crippen LogP contribution in [0.3, 0.4) is 0 Å². The van der Waals surface area contributed by atoms with E-state index in [0.29, 0.717) is 28.4 Å². The van der Waals surface area contributed by atoms with Gasteiger partial charge in [0.15, 0.2) is 11.5 Å². The average Bonchev–Trinajstić information content (AvgIpc) is 3.54. The number of hydrogen-bond acceptors (Lipinski definition) is 7. The van der Waals surface area contributed by atoms with Gasteiger partial charge in [0.1, 0.15) is 11.0 Å². The highest BCUT2D eigenvalue weighted by Gasteiger charge is 2.18. The van der Waals surface area contributed by atoms with Crippen LogP contribution in [0, 0.1) is 0 Å². The molecular formula is C22H17N9O. The van der Waals surface area contributed by atoms with Crippen molar-refractivity contribution < 1.29 is 5.11 Å². The molecule has 0 aliphatic carbocycles. The third-order valence-corrected chi connectivity index (χ3v) is 5.30. The van der Waals surface area contributed by atoms with Gasteiger partial charge in [-0.05, 0) is 24.3 Å². The zero-order valence-corrected chi connectivity index (χ0v) is 17.0. The smallest absolute Gasteiger partial charge is 0.161 e. The van der Waals surface area contributed by atoms with Crippen LogP contribution >= 0.6 is 0 Å². The molecule has 0 amide bonds. The van der Waals surface area contributed by atoms with E-state index in [-0.39, 0.29) is 6.61 Å². The summed E-state index contributed by atoms with van der Waals surface area (Å²) in [5, 5.41) is 21.4. The van der Waals surface area contributed by atoms with Crippen molar-refractivity contribution in [2.75, 3.05) is 0 Å². The summed E-state index contributed by atoms with van der Waals surface area (Å²) in [7, 11) is 1.81. The summed E-state index contributed by atoms with van der Waals surface area (Å²) < 4.78 is 1.66. The number of aromatic amines is 2. The van der Waals surface area contributed by atoms with Gasteiger partial charge in [0.25, 0.3) is 0 Å². The first kappa shape index (κ1) is 18.3. The third kappa shape index (κ3) is 2.85. The molecule has 0 aliphatic heterocycles. The quantitative estimate of drug-likeness (QED) is 0.397. The zero-order chi connectivity index (χ0) is 21.7. The monoisotopic (exact) mass is 423 g/mol. The molecule has 0 radical (unpaired) electrons. The van der Waals surface area contributed by atoms with Gasteiger partial charge in [0, 0.05) is 36.8 Å². The first-order valence-corrected chi connectivity index (χ1v) is 9.95. The van der Waals surface area contributed by atoms with Crippen molar-refractivity contribution in [3.8, 4) is 34.0 Å². The first-order valence-electron chi connectivity index (χ1n) is 9.95. The Hall–Kier alpha value is -4.44. The Morgan fingerprint density at radius 2 is 1.91 bits per heavy atom. The number of nitrogens with one attached hydrogen (secondary N) is 2. The van der Waals surface area contributed by atoms with Crippen molar-refractivity contribution in [2.24, 2.45) is 7.05 Å². The number of nitrogens with zero attached hydrogens (tertiary/aromatic N) is 7. The summed E-state index contributed by atoms with van der Waals surface area (Å²) >= 11 is 0. The number of rotatable bonds is 4. The van der Waals surface area contributed by atoms with Crippen LogP contribution in [-0.2, 0) is 13.7 Å². The number of hydrogen-bond donors (Lipinski definition) is 3. The topological polar surface area (TPSA) is 134 Å². The summed E-state index contributed by atoms with van der Waals surface area (Å²) in [5.41, 5.74) is 7.26. The third-order valence-electron chi connectivity index (χ3n) is 5.30. The SMILES string of the molecule is Cn1cc(-c2ccc3[nH]nc(-c4nc5c(-c6ccccn6)cncc5[nH]4)c3n2)c(CO)n1. The van der Waals surface area contributed by atoms with Gasteiger partial charge in [-0.1, -0.05) is 6.07 Å². The standard InChI is InChI=1S/C22H17N9O/c1-31-10-13(18(11-32)30-31)15-5-6-16-20(25-15)21(29-28-16)22-26-17-9-23-8-12(19(17)27-22)14-4-2-3-7-24-14/h2-10,32H,11H2,1H3,(H,26,27)(H,28,29). The molecule has 10 nitrogen and oxygen atoms in total. The van der Waals surface area contributed by atoms with Crippen molar-refractivity contribution in [2.45, 2.75) is 6.61 Å². The Kier molecular flexibility index (Phi) is 4.05. The second-order valence-electron chi connectivity index (χ2n) is 7.37. The van der Waals surface area contributed by atoms with E-state index in [1.807, 2.05) is 43.6 Å². The first-order chi connectivity index (χ1) is 15.7. The number of fused-ring (bicyclic) bond motifs is 2. The Morgan fingerprint density at radius 3 is 2.75 bits per heavy atom. The van der Waals surface area contributed by atoms with E-state index in [1.165, 1.54) is 0 Å². The van der Waals surface area contributed by atoms with Crippen molar-refractivity contribution in [1.82, 2.24) is 44.9 Å². The van der Waals surface area contributed by atoms with Crippen LogP contribution in [0.4, 0.5) is 0 Å². The van der Waals surface area contributed by atoms with Gasteiger partial charge in [-0.25, -0.2) is 9.97 Å². The highest BCUT2D eigenvalue weighted by Crippen LogP contribution is 2.31. The van der Waals surface area contributed by atoms with Gasteiger partial charge in [0.2, 0.25) is 0 Å². The largest absolute Gasteiger partial charge is 0.390 e. The lowest BCUT2D eigenvalue weighted by Gasteiger charge is -2.00. The Morgan fingerprint density at radius 1 is 0.969 bits per heavy atom. The lowest BCUT2D eigenvalue weighted by atomic mass is 10.1. The van der Waals surface area contributed by atoms with Crippen LogP contribution in [-0.4, -0.2) is 50.0 Å². The maximum absolute atomic E-state index is 9.65. The van der Waals surface area contributed by atoms with Gasteiger partial charge >= 0.3 is 0 Å². The molecule has 156 valence electrons. The van der Waals surface area contributed by atoms with E-state index in [1.54, 1.807) is 23.3 Å². The highest BCUT2D eigenvalue weighted by atomic mass is 16.3. The molecule has 0 bridgehead atoms. The maximum Gasteiger partial charge on any atom is 0.161 e. The van der Waals surface area contributed by atoms with Crippen LogP contribution in [0.5, 0.6) is 0 Å². The molecule has 0 saturated heterocycles. The number of aliphatic hydroxyl groups excluding tert-OH is 1. The van der Waals surface area contributed by atoms with E-state index in [2.05, 4.69) is 30.2 Å². The fraction of sp³-hybridized carbons (Fsp3) is 0.0909. The van der Waals surface area contributed by atoms with Crippen molar-refractivity contribution >= 4 is 22.1 Å². The molecule has 0 aromatic carbocycles. The molecule has 6 rings (SSSR count). The predicted molar refractivity (Wildman–Crippen MR) is 118 cm³/mol. The zero-order valence-electron chi connectivity index (χ0n) is 17.0. The van der Waals surface area contributed by atoms with E-state index < -0.39 is 0 Å². The number of pyridine rings is 3. The number of imidazole rings is 1. The maximum atomic E-state index is 9.65.